The molecule has 1 fully saturated rings. The second-order valence-electron chi connectivity index (χ2n) is 6.01. The second kappa shape index (κ2) is 5.47. The summed E-state index contributed by atoms with van der Waals surface area (Å²) in [5, 5.41) is 9.36. The molecule has 0 saturated heterocycles. The number of nitrogens with one attached hydrogen (secondary N) is 2. The molecular weight excluding hydrogens is 284 g/mol. The summed E-state index contributed by atoms with van der Waals surface area (Å²) in [4.78, 5) is 25.6. The van der Waals surface area contributed by atoms with Crippen LogP contribution in [-0.2, 0) is 11.3 Å². The minimum atomic E-state index is -0.317. The maximum Gasteiger partial charge on any atom is 0.319 e. The number of nitrogens with zero attached hydrogens (tertiary/aromatic N) is 2. The Morgan fingerprint density at radius 3 is 2.86 bits per heavy atom. The quantitative estimate of drug-likeness (QED) is 0.882. The molecule has 2 N–H and O–H groups in total. The van der Waals surface area contributed by atoms with Gasteiger partial charge < -0.3 is 20.1 Å². The largest absolute Gasteiger partial charge is 0.361 e. The Kier molecular flexibility index (Phi) is 3.64. The predicted molar refractivity (Wildman–Crippen MR) is 78.8 cm³/mol. The van der Waals surface area contributed by atoms with Crippen molar-refractivity contribution in [2.24, 2.45) is 0 Å². The van der Waals surface area contributed by atoms with E-state index in [1.807, 2.05) is 6.07 Å². The summed E-state index contributed by atoms with van der Waals surface area (Å²) in [5.41, 5.74) is 1.90. The number of allylic oxidation sites excluding steroid dienone is 1. The summed E-state index contributed by atoms with van der Waals surface area (Å²) in [6.45, 7) is 3.91. The number of aromatic nitrogens is 1. The van der Waals surface area contributed by atoms with Crippen LogP contribution in [0.5, 0.6) is 0 Å². The van der Waals surface area contributed by atoms with Gasteiger partial charge in [0, 0.05) is 24.7 Å². The van der Waals surface area contributed by atoms with E-state index >= 15 is 0 Å². The Labute approximate surface area is 128 Å². The van der Waals surface area contributed by atoms with E-state index in [2.05, 4.69) is 15.8 Å². The van der Waals surface area contributed by atoms with Crippen molar-refractivity contribution in [3.05, 3.63) is 28.8 Å². The van der Waals surface area contributed by atoms with Crippen molar-refractivity contribution in [3.8, 4) is 0 Å². The van der Waals surface area contributed by atoms with Crippen LogP contribution in [0.15, 0.2) is 21.9 Å². The van der Waals surface area contributed by atoms with Crippen LogP contribution in [0.2, 0.25) is 0 Å². The molecule has 7 heteroatoms. The first-order chi connectivity index (χ1) is 10.5. The van der Waals surface area contributed by atoms with E-state index in [4.69, 9.17) is 4.52 Å². The molecule has 1 aromatic rings. The molecule has 1 aliphatic heterocycles. The smallest absolute Gasteiger partial charge is 0.319 e. The van der Waals surface area contributed by atoms with Crippen LogP contribution in [0.1, 0.15) is 44.1 Å². The number of amides is 3. The minimum absolute atomic E-state index is 0.131. The zero-order valence-electron chi connectivity index (χ0n) is 13.0. The van der Waals surface area contributed by atoms with Gasteiger partial charge in [0.25, 0.3) is 5.91 Å². The number of hydrogen-bond donors (Lipinski definition) is 2. The molecule has 7 nitrogen and oxygen atoms in total. The topological polar surface area (TPSA) is 87.5 Å². The van der Waals surface area contributed by atoms with Gasteiger partial charge in [-0.2, -0.15) is 0 Å². The van der Waals surface area contributed by atoms with Crippen molar-refractivity contribution < 1.29 is 14.1 Å². The highest BCUT2D eigenvalue weighted by Gasteiger charge is 2.30. The predicted octanol–water partition coefficient (Wildman–Crippen LogP) is 1.49. The molecule has 0 bridgehead atoms. The lowest BCUT2D eigenvalue weighted by Gasteiger charge is -2.28. The monoisotopic (exact) mass is 304 g/mol. The van der Waals surface area contributed by atoms with E-state index in [0.717, 1.165) is 24.3 Å². The molecule has 0 aromatic carbocycles. The molecule has 1 atom stereocenters. The van der Waals surface area contributed by atoms with Gasteiger partial charge in [-0.25, -0.2) is 4.79 Å². The maximum absolute atomic E-state index is 12.6. The van der Waals surface area contributed by atoms with Gasteiger partial charge in [-0.15, -0.1) is 0 Å². The van der Waals surface area contributed by atoms with Gasteiger partial charge in [0.1, 0.15) is 11.5 Å². The zero-order valence-corrected chi connectivity index (χ0v) is 13.0. The van der Waals surface area contributed by atoms with Crippen LogP contribution < -0.4 is 10.6 Å². The molecule has 1 aromatic heterocycles. The van der Waals surface area contributed by atoms with E-state index < -0.39 is 0 Å². The molecule has 3 rings (SSSR count). The molecule has 0 spiro atoms. The molecular formula is C15H20N4O3. The van der Waals surface area contributed by atoms with Gasteiger partial charge >= 0.3 is 6.03 Å². The fraction of sp³-hybridized carbons (Fsp3) is 0.533. The zero-order chi connectivity index (χ0) is 15.9. The Hall–Kier alpha value is -2.31. The first-order valence-corrected chi connectivity index (χ1v) is 7.45. The van der Waals surface area contributed by atoms with Gasteiger partial charge in [0.15, 0.2) is 0 Å². The van der Waals surface area contributed by atoms with Crippen LogP contribution in [-0.4, -0.2) is 35.1 Å². The average Bonchev–Trinajstić information content (AvgIpc) is 3.18. The number of rotatable bonds is 4. The lowest BCUT2D eigenvalue weighted by Crippen LogP contribution is -2.50. The van der Waals surface area contributed by atoms with Crippen molar-refractivity contribution in [3.63, 3.8) is 0 Å². The third-order valence-electron chi connectivity index (χ3n) is 4.02. The number of carbonyl (C=O) groups excluding carboxylic acids is 2. The third kappa shape index (κ3) is 2.84. The van der Waals surface area contributed by atoms with Crippen molar-refractivity contribution in [2.75, 3.05) is 7.05 Å². The maximum atomic E-state index is 12.6. The lowest BCUT2D eigenvalue weighted by atomic mass is 10.0. The van der Waals surface area contributed by atoms with Gasteiger partial charge in [-0.1, -0.05) is 5.16 Å². The summed E-state index contributed by atoms with van der Waals surface area (Å²) < 4.78 is 5.30. The second-order valence-corrected chi connectivity index (χ2v) is 6.01. The fourth-order valence-corrected chi connectivity index (χ4v) is 2.70. The van der Waals surface area contributed by atoms with Crippen molar-refractivity contribution in [2.45, 2.75) is 45.2 Å². The standard InChI is InChI=1S/C15H20N4O3/c1-8-13(9(2)17-15(21)16-8)14(20)19(3)7-11-6-12(22-18-11)10-4-5-10/h6,8,10H,4-5,7H2,1-3H3,(H2,16,17,21)/t8-/m1/s1. The number of likely N-dealkylation sites (N-methyl/N-ethyl adjacent to an activating group) is 1. The normalized spacial score (nSPS) is 21.4. The van der Waals surface area contributed by atoms with Crippen LogP contribution in [0.4, 0.5) is 4.79 Å². The van der Waals surface area contributed by atoms with E-state index in [0.29, 0.717) is 23.7 Å². The van der Waals surface area contributed by atoms with Crippen LogP contribution in [0, 0.1) is 0 Å². The first kappa shape index (κ1) is 14.6. The minimum Gasteiger partial charge on any atom is -0.361 e. The third-order valence-corrected chi connectivity index (χ3v) is 4.02. The van der Waals surface area contributed by atoms with Gasteiger partial charge in [0.05, 0.1) is 18.2 Å². The summed E-state index contributed by atoms with van der Waals surface area (Å²) in [5.74, 6) is 1.28. The number of carbonyl (C=O) groups is 2. The van der Waals surface area contributed by atoms with Gasteiger partial charge in [-0.05, 0) is 26.7 Å². The van der Waals surface area contributed by atoms with Crippen molar-refractivity contribution in [1.82, 2.24) is 20.7 Å². The fourth-order valence-electron chi connectivity index (χ4n) is 2.70. The summed E-state index contributed by atoms with van der Waals surface area (Å²) in [7, 11) is 1.72. The Morgan fingerprint density at radius 2 is 2.23 bits per heavy atom. The number of urea groups is 1. The Morgan fingerprint density at radius 1 is 1.50 bits per heavy atom. The Balaban J connectivity index is 1.70. The van der Waals surface area contributed by atoms with Crippen LogP contribution in [0.3, 0.4) is 0 Å². The first-order valence-electron chi connectivity index (χ1n) is 7.45. The highest BCUT2D eigenvalue weighted by Crippen LogP contribution is 2.40. The van der Waals surface area contributed by atoms with Gasteiger partial charge in [0.2, 0.25) is 0 Å². The number of hydrogen-bond acceptors (Lipinski definition) is 4. The summed E-state index contributed by atoms with van der Waals surface area (Å²) in [6.07, 6.45) is 2.30. The SMILES string of the molecule is CC1=C(C(=O)N(C)Cc2cc(C3CC3)on2)[C@@H](C)NC(=O)N1. The van der Waals surface area contributed by atoms with Gasteiger partial charge in [-0.3, -0.25) is 4.79 Å². The molecule has 22 heavy (non-hydrogen) atoms. The molecule has 1 aliphatic carbocycles. The van der Waals surface area contributed by atoms with Crippen molar-refractivity contribution in [1.29, 1.82) is 0 Å². The molecule has 0 radical (unpaired) electrons. The lowest BCUT2D eigenvalue weighted by molar-refractivity contribution is -0.126. The molecule has 1 saturated carbocycles. The average molecular weight is 304 g/mol. The molecule has 2 heterocycles. The Bertz CT molecular complexity index is 645. The summed E-state index contributed by atoms with van der Waals surface area (Å²) in [6, 6.07) is 1.32. The van der Waals surface area contributed by atoms with Crippen LogP contribution in [0.25, 0.3) is 0 Å². The molecule has 0 unspecified atom stereocenters. The van der Waals surface area contributed by atoms with E-state index in [9.17, 15) is 9.59 Å². The van der Waals surface area contributed by atoms with E-state index in [-0.39, 0.29) is 18.0 Å². The van der Waals surface area contributed by atoms with E-state index in [1.165, 1.54) is 0 Å². The molecule has 2 aliphatic rings. The van der Waals surface area contributed by atoms with Crippen molar-refractivity contribution >= 4 is 11.9 Å². The summed E-state index contributed by atoms with van der Waals surface area (Å²) >= 11 is 0. The highest BCUT2D eigenvalue weighted by atomic mass is 16.5. The van der Waals surface area contributed by atoms with E-state index in [1.54, 1.807) is 25.8 Å². The molecule has 3 amide bonds. The molecule has 118 valence electrons. The van der Waals surface area contributed by atoms with Crippen LogP contribution >= 0.6 is 0 Å². The highest BCUT2D eigenvalue weighted by molar-refractivity contribution is 5.98.